The highest BCUT2D eigenvalue weighted by atomic mass is 16.5. The van der Waals surface area contributed by atoms with Crippen LogP contribution < -0.4 is 0 Å². The number of ether oxygens (including phenoxy) is 1. The average Bonchev–Trinajstić information content (AvgIpc) is 1.94. The van der Waals surface area contributed by atoms with E-state index < -0.39 is 0 Å². The number of cyclic esters (lactones) is 1. The summed E-state index contributed by atoms with van der Waals surface area (Å²) in [6, 6.07) is 0. The molecule has 0 saturated carbocycles. The van der Waals surface area contributed by atoms with Gasteiger partial charge in [0.25, 0.3) is 0 Å². The lowest BCUT2D eigenvalue weighted by Gasteiger charge is -1.93. The van der Waals surface area contributed by atoms with Crippen LogP contribution in [0.2, 0.25) is 0 Å². The van der Waals surface area contributed by atoms with E-state index in [4.69, 9.17) is 4.74 Å². The van der Waals surface area contributed by atoms with Crippen molar-refractivity contribution in [1.29, 1.82) is 0 Å². The van der Waals surface area contributed by atoms with E-state index in [-0.39, 0.29) is 7.40 Å². The molecule has 8 heavy (non-hydrogen) atoms. The van der Waals surface area contributed by atoms with Gasteiger partial charge in [0, 0.05) is 6.42 Å². The van der Waals surface area contributed by atoms with E-state index in [9.17, 15) is 4.79 Å². The Bertz CT molecular complexity index is 83.1. The van der Waals surface area contributed by atoms with Gasteiger partial charge in [-0.3, -0.25) is 4.79 Å². The smallest absolute Gasteiger partial charge is 0.466 e. The fourth-order valence-corrected chi connectivity index (χ4v) is 0.806. The van der Waals surface area contributed by atoms with Crippen LogP contribution in [0.15, 0.2) is 0 Å². The van der Waals surface area contributed by atoms with Gasteiger partial charge in [0.1, 0.15) is 0 Å². The first kappa shape index (κ1) is 5.60. The van der Waals surface area contributed by atoms with E-state index in [0.717, 1.165) is 19.3 Å². The fraction of sp³-hybridized carbons (Fsp3) is 0.833. The summed E-state index contributed by atoms with van der Waals surface area (Å²) in [4.78, 5) is 10.5. The van der Waals surface area contributed by atoms with Crippen LogP contribution in [0.4, 0.5) is 0 Å². The number of carbonyl (C=O) groups is 1. The van der Waals surface area contributed by atoms with Crippen molar-refractivity contribution in [2.45, 2.75) is 25.7 Å². The van der Waals surface area contributed by atoms with Gasteiger partial charge in [-0.25, -0.2) is 0 Å². The SMILES string of the molecule is O=C1CCCCCO1.[H+]. The van der Waals surface area contributed by atoms with Crippen molar-refractivity contribution < 1.29 is 11.0 Å². The van der Waals surface area contributed by atoms with Gasteiger partial charge in [-0.15, -0.1) is 0 Å². The molecule has 0 aromatic heterocycles. The zero-order chi connectivity index (χ0) is 5.82. The molecule has 0 radical (unpaired) electrons. The molecule has 1 rings (SSSR count). The van der Waals surface area contributed by atoms with Crippen molar-refractivity contribution in [2.24, 2.45) is 0 Å². The molecule has 1 fully saturated rings. The predicted octanol–water partition coefficient (Wildman–Crippen LogP) is 1.22. The van der Waals surface area contributed by atoms with E-state index in [1.807, 2.05) is 0 Å². The summed E-state index contributed by atoms with van der Waals surface area (Å²) in [5.41, 5.74) is 0. The van der Waals surface area contributed by atoms with Gasteiger partial charge >= 0.3 is 7.40 Å². The van der Waals surface area contributed by atoms with E-state index in [2.05, 4.69) is 0 Å². The first-order chi connectivity index (χ1) is 3.89. The third kappa shape index (κ3) is 1.52. The molecular formula is C6H11O2+. The number of carbonyl (C=O) groups excluding carboxylic acids is 1. The molecule has 0 aromatic carbocycles. The summed E-state index contributed by atoms with van der Waals surface area (Å²) >= 11 is 0. The van der Waals surface area contributed by atoms with Crippen LogP contribution in [0.25, 0.3) is 0 Å². The second-order valence-corrected chi connectivity index (χ2v) is 2.03. The van der Waals surface area contributed by atoms with Gasteiger partial charge in [-0.05, 0) is 19.3 Å². The third-order valence-electron chi connectivity index (χ3n) is 1.29. The number of rotatable bonds is 0. The normalized spacial score (nSPS) is 21.8. The minimum Gasteiger partial charge on any atom is -0.466 e. The molecule has 0 amide bonds. The summed E-state index contributed by atoms with van der Waals surface area (Å²) in [7, 11) is 0. The van der Waals surface area contributed by atoms with Gasteiger partial charge in [0.05, 0.1) is 6.61 Å². The van der Waals surface area contributed by atoms with Crippen molar-refractivity contribution in [2.75, 3.05) is 6.61 Å². The molecule has 2 heteroatoms. The van der Waals surface area contributed by atoms with E-state index >= 15 is 0 Å². The average molecular weight is 115 g/mol. The van der Waals surface area contributed by atoms with Crippen LogP contribution in [-0.2, 0) is 9.53 Å². The summed E-state index contributed by atoms with van der Waals surface area (Å²) < 4.78 is 4.76. The molecule has 1 saturated heterocycles. The monoisotopic (exact) mass is 115 g/mol. The Hall–Kier alpha value is -0.530. The van der Waals surface area contributed by atoms with Crippen LogP contribution in [0.3, 0.4) is 0 Å². The van der Waals surface area contributed by atoms with Crippen LogP contribution in [0.1, 0.15) is 27.1 Å². The van der Waals surface area contributed by atoms with Gasteiger partial charge in [0.15, 0.2) is 0 Å². The van der Waals surface area contributed by atoms with Crippen molar-refractivity contribution >= 4 is 5.97 Å². The molecular weight excluding hydrogens is 104 g/mol. The zero-order valence-corrected chi connectivity index (χ0v) is 4.85. The first-order valence-corrected chi connectivity index (χ1v) is 3.05. The van der Waals surface area contributed by atoms with Crippen molar-refractivity contribution in [3.63, 3.8) is 0 Å². The number of hydrogen-bond donors (Lipinski definition) is 0. The summed E-state index contributed by atoms with van der Waals surface area (Å²) in [6.07, 6.45) is 3.83. The quantitative estimate of drug-likeness (QED) is 0.443. The maximum atomic E-state index is 10.5. The third-order valence-corrected chi connectivity index (χ3v) is 1.29. The van der Waals surface area contributed by atoms with Crippen LogP contribution >= 0.6 is 0 Å². The summed E-state index contributed by atoms with van der Waals surface area (Å²) in [5.74, 6) is -0.0255. The van der Waals surface area contributed by atoms with E-state index in [1.165, 1.54) is 0 Å². The lowest BCUT2D eigenvalue weighted by Crippen LogP contribution is -2.00. The molecule has 0 unspecified atom stereocenters. The Morgan fingerprint density at radius 1 is 1.38 bits per heavy atom. The highest BCUT2D eigenvalue weighted by Gasteiger charge is 2.05. The van der Waals surface area contributed by atoms with E-state index in [1.54, 1.807) is 0 Å². The molecule has 1 heterocycles. The second kappa shape index (κ2) is 2.70. The molecule has 0 aliphatic carbocycles. The molecule has 0 aromatic rings. The maximum Gasteiger partial charge on any atom is 1.00 e. The maximum absolute atomic E-state index is 10.5. The zero-order valence-electron chi connectivity index (χ0n) is 5.85. The molecule has 46 valence electrons. The topological polar surface area (TPSA) is 26.3 Å². The lowest BCUT2D eigenvalue weighted by molar-refractivity contribution is -0.142. The Morgan fingerprint density at radius 2 is 2.25 bits per heavy atom. The van der Waals surface area contributed by atoms with Gasteiger partial charge in [-0.2, -0.15) is 0 Å². The summed E-state index contributed by atoms with van der Waals surface area (Å²) in [5, 5.41) is 0. The Balaban J connectivity index is 0.000000640. The highest BCUT2D eigenvalue weighted by molar-refractivity contribution is 5.69. The molecule has 0 N–H and O–H groups in total. The Labute approximate surface area is 50.3 Å². The number of hydrogen-bond acceptors (Lipinski definition) is 2. The lowest BCUT2D eigenvalue weighted by atomic mass is 10.2. The fourth-order valence-electron chi connectivity index (χ4n) is 0.806. The summed E-state index contributed by atoms with van der Waals surface area (Å²) in [6.45, 7) is 0.638. The van der Waals surface area contributed by atoms with Gasteiger partial charge in [0.2, 0.25) is 0 Å². The van der Waals surface area contributed by atoms with Gasteiger partial charge in [-0.1, -0.05) is 0 Å². The number of esters is 1. The first-order valence-electron chi connectivity index (χ1n) is 3.05. The second-order valence-electron chi connectivity index (χ2n) is 2.03. The van der Waals surface area contributed by atoms with Gasteiger partial charge < -0.3 is 4.74 Å². The largest absolute Gasteiger partial charge is 1.00 e. The molecule has 1 aliphatic heterocycles. The van der Waals surface area contributed by atoms with Crippen LogP contribution in [-0.4, -0.2) is 12.6 Å². The molecule has 0 bridgehead atoms. The van der Waals surface area contributed by atoms with Crippen molar-refractivity contribution in [1.82, 2.24) is 0 Å². The Morgan fingerprint density at radius 3 is 3.12 bits per heavy atom. The highest BCUT2D eigenvalue weighted by Crippen LogP contribution is 2.06. The van der Waals surface area contributed by atoms with Crippen LogP contribution in [0, 0.1) is 0 Å². The minimum absolute atomic E-state index is 0. The molecule has 0 spiro atoms. The predicted molar refractivity (Wildman–Crippen MR) is 30.5 cm³/mol. The standard InChI is InChI=1S/C6H10O2/c7-6-4-2-1-3-5-8-6/h1-5H2/p+1. The van der Waals surface area contributed by atoms with Crippen molar-refractivity contribution in [3.8, 4) is 0 Å². The van der Waals surface area contributed by atoms with Crippen LogP contribution in [0.5, 0.6) is 0 Å². The molecule has 0 atom stereocenters. The molecule has 2 nitrogen and oxygen atoms in total. The van der Waals surface area contributed by atoms with E-state index in [0.29, 0.717) is 13.0 Å². The minimum atomic E-state index is -0.0255. The molecule has 1 aliphatic rings. The van der Waals surface area contributed by atoms with Crippen molar-refractivity contribution in [3.05, 3.63) is 0 Å². The Kier molecular flexibility index (Phi) is 1.89.